The molecule has 202 valence electrons. The molecular weight excluding hydrogens is 503 g/mol. The minimum absolute atomic E-state index is 0.00703. The van der Waals surface area contributed by atoms with Gasteiger partial charge in [-0.15, -0.1) is 0 Å². The Morgan fingerprint density at radius 3 is 2.59 bits per heavy atom. The number of benzene rings is 1. The topological polar surface area (TPSA) is 135 Å². The van der Waals surface area contributed by atoms with E-state index < -0.39 is 22.6 Å². The van der Waals surface area contributed by atoms with Crippen LogP contribution in [0.5, 0.6) is 5.88 Å². The van der Waals surface area contributed by atoms with Crippen molar-refractivity contribution in [1.82, 2.24) is 19.1 Å². The number of ether oxygens (including phenoxy) is 1. The number of aromatic nitrogens is 4. The van der Waals surface area contributed by atoms with Gasteiger partial charge in [-0.2, -0.15) is 10.2 Å². The molecule has 10 nitrogen and oxygen atoms in total. The van der Waals surface area contributed by atoms with Gasteiger partial charge in [0.1, 0.15) is 17.6 Å². The van der Waals surface area contributed by atoms with Crippen molar-refractivity contribution >= 4 is 17.3 Å². The summed E-state index contributed by atoms with van der Waals surface area (Å²) in [6.45, 7) is 7.37. The van der Waals surface area contributed by atoms with Crippen LogP contribution in [0.25, 0.3) is 5.70 Å². The molecule has 0 saturated carbocycles. The van der Waals surface area contributed by atoms with Crippen LogP contribution in [0.15, 0.2) is 74.2 Å². The number of allylic oxidation sites excluding steroid dienone is 6. The lowest BCUT2D eigenvalue weighted by molar-refractivity contribution is 0.397. The third-order valence-electron chi connectivity index (χ3n) is 5.88. The Labute approximate surface area is 224 Å². The first-order valence-electron chi connectivity index (χ1n) is 12.1. The first kappa shape index (κ1) is 28.6. The summed E-state index contributed by atoms with van der Waals surface area (Å²) in [6, 6.07) is 6.81. The molecule has 3 aromatic rings. The number of aromatic amines is 1. The van der Waals surface area contributed by atoms with Crippen LogP contribution >= 0.6 is 0 Å². The third-order valence-corrected chi connectivity index (χ3v) is 5.88. The van der Waals surface area contributed by atoms with Crippen molar-refractivity contribution in [3.8, 4) is 11.9 Å². The molecule has 0 aliphatic heterocycles. The smallest absolute Gasteiger partial charge is 0.359 e. The number of nitriles is 1. The summed E-state index contributed by atoms with van der Waals surface area (Å²) in [5.74, 6) is -0.696. The lowest BCUT2D eigenvalue weighted by atomic mass is 10.1. The Bertz CT molecular complexity index is 1700. The third kappa shape index (κ3) is 6.67. The summed E-state index contributed by atoms with van der Waals surface area (Å²) in [6.07, 6.45) is 7.42. The fourth-order valence-corrected chi connectivity index (χ4v) is 3.72. The van der Waals surface area contributed by atoms with Crippen molar-refractivity contribution in [1.29, 1.82) is 5.26 Å². The fourth-order valence-electron chi connectivity index (χ4n) is 3.72. The summed E-state index contributed by atoms with van der Waals surface area (Å²) < 4.78 is 21.0. The van der Waals surface area contributed by atoms with Crippen LogP contribution in [0.2, 0.25) is 0 Å². The summed E-state index contributed by atoms with van der Waals surface area (Å²) in [4.78, 5) is 46.3. The van der Waals surface area contributed by atoms with Crippen molar-refractivity contribution < 1.29 is 9.13 Å². The number of H-pyrrole nitrogens is 1. The van der Waals surface area contributed by atoms with E-state index in [0.717, 1.165) is 32.8 Å². The maximum absolute atomic E-state index is 13.9. The van der Waals surface area contributed by atoms with Crippen LogP contribution in [0.1, 0.15) is 45.2 Å². The van der Waals surface area contributed by atoms with Gasteiger partial charge in [-0.1, -0.05) is 30.7 Å². The predicted molar refractivity (Wildman–Crippen MR) is 148 cm³/mol. The zero-order valence-electron chi connectivity index (χ0n) is 22.3. The van der Waals surface area contributed by atoms with Gasteiger partial charge in [0.15, 0.2) is 5.88 Å². The van der Waals surface area contributed by atoms with Gasteiger partial charge in [0.05, 0.1) is 24.9 Å². The van der Waals surface area contributed by atoms with E-state index in [0.29, 0.717) is 11.3 Å². The number of halogens is 1. The van der Waals surface area contributed by atoms with E-state index in [9.17, 15) is 24.0 Å². The van der Waals surface area contributed by atoms with Gasteiger partial charge < -0.3 is 15.0 Å². The first-order valence-corrected chi connectivity index (χ1v) is 12.1. The molecule has 0 saturated heterocycles. The molecule has 0 amide bonds. The van der Waals surface area contributed by atoms with Gasteiger partial charge in [-0.3, -0.25) is 9.36 Å². The second-order valence-corrected chi connectivity index (χ2v) is 8.70. The molecule has 11 heteroatoms. The highest BCUT2D eigenvalue weighted by Gasteiger charge is 2.17. The Kier molecular flexibility index (Phi) is 9.17. The Hall–Kier alpha value is -4.98. The van der Waals surface area contributed by atoms with E-state index >= 15 is 0 Å². The summed E-state index contributed by atoms with van der Waals surface area (Å²) in [5, 5.41) is 12.0. The molecule has 0 aliphatic rings. The fraction of sp³-hybridized carbons (Fsp3) is 0.250. The number of hydrogen-bond acceptors (Lipinski definition) is 7. The molecule has 0 radical (unpaired) electrons. The predicted octanol–water partition coefficient (Wildman–Crippen LogP) is 4.07. The van der Waals surface area contributed by atoms with E-state index in [1.807, 2.05) is 26.8 Å². The van der Waals surface area contributed by atoms with E-state index in [1.165, 1.54) is 31.5 Å². The maximum Gasteiger partial charge on any atom is 0.359 e. The van der Waals surface area contributed by atoms with Gasteiger partial charge in [-0.05, 0) is 56.5 Å². The monoisotopic (exact) mass is 532 g/mol. The molecule has 0 fully saturated rings. The normalized spacial score (nSPS) is 12.3. The van der Waals surface area contributed by atoms with Crippen LogP contribution in [0, 0.1) is 17.1 Å². The number of nitrogens with zero attached hydrogens (tertiary/aromatic N) is 4. The second-order valence-electron chi connectivity index (χ2n) is 8.70. The maximum atomic E-state index is 13.9. The van der Waals surface area contributed by atoms with Crippen LogP contribution in [-0.2, 0) is 6.54 Å². The highest BCUT2D eigenvalue weighted by molar-refractivity contribution is 5.59. The Balaban J connectivity index is 2.23. The Morgan fingerprint density at radius 1 is 1.23 bits per heavy atom. The molecule has 39 heavy (non-hydrogen) atoms. The molecule has 2 heterocycles. The number of nitrogens with one attached hydrogen (secondary N) is 2. The van der Waals surface area contributed by atoms with E-state index in [4.69, 9.17) is 4.74 Å². The van der Waals surface area contributed by atoms with E-state index in [1.54, 1.807) is 25.1 Å². The molecule has 2 N–H and O–H groups in total. The number of rotatable bonds is 9. The van der Waals surface area contributed by atoms with Gasteiger partial charge in [-0.25, -0.2) is 18.5 Å². The summed E-state index contributed by atoms with van der Waals surface area (Å²) in [7, 11) is 1.39. The van der Waals surface area contributed by atoms with Gasteiger partial charge >= 0.3 is 11.4 Å². The van der Waals surface area contributed by atoms with E-state index in [-0.39, 0.29) is 29.6 Å². The standard InChI is InChI=1S/C28H29FN6O4/c1-6-17(3)10-18(4)11-21(7-2)35-27(37)33-26(32-23-15-31-25(39-5)13-24(23)36)34(28(35)38)16-19-8-9-22(29)20(12-19)14-30/h7-13,15H,6,16H2,1-5H3,(H,31,36)(H,32,33,37)/b17-10+,18-11-,21-7+. The van der Waals surface area contributed by atoms with Crippen LogP contribution in [0.3, 0.4) is 0 Å². The SMILES string of the molecule is C\C=C(/C=C(C)\C=C(/C)CC)n1c(=O)nc(Nc2c[nH]c(OC)cc2=O)n(Cc2ccc(F)c(C#N)c2)c1=O. The minimum atomic E-state index is -0.867. The number of pyridine rings is 1. The lowest BCUT2D eigenvalue weighted by Gasteiger charge is -2.16. The molecule has 2 aromatic heterocycles. The average molecular weight is 533 g/mol. The van der Waals surface area contributed by atoms with Crippen molar-refractivity contribution in [3.05, 3.63) is 108 Å². The van der Waals surface area contributed by atoms with Crippen molar-refractivity contribution in [2.75, 3.05) is 12.4 Å². The zero-order chi connectivity index (χ0) is 28.7. The second kappa shape index (κ2) is 12.5. The molecule has 0 aliphatic carbocycles. The molecule has 0 spiro atoms. The van der Waals surface area contributed by atoms with Gasteiger partial charge in [0.25, 0.3) is 0 Å². The Morgan fingerprint density at radius 2 is 1.97 bits per heavy atom. The number of anilines is 2. The van der Waals surface area contributed by atoms with Crippen molar-refractivity contribution in [2.45, 2.75) is 40.7 Å². The van der Waals surface area contributed by atoms with Crippen LogP contribution in [0.4, 0.5) is 16.0 Å². The van der Waals surface area contributed by atoms with Gasteiger partial charge in [0.2, 0.25) is 11.4 Å². The van der Waals surface area contributed by atoms with Crippen LogP contribution in [-0.4, -0.2) is 26.2 Å². The minimum Gasteiger partial charge on any atom is -0.482 e. The van der Waals surface area contributed by atoms with Crippen molar-refractivity contribution in [3.63, 3.8) is 0 Å². The van der Waals surface area contributed by atoms with E-state index in [2.05, 4.69) is 15.3 Å². The average Bonchev–Trinajstić information content (AvgIpc) is 2.91. The molecule has 0 atom stereocenters. The largest absolute Gasteiger partial charge is 0.482 e. The highest BCUT2D eigenvalue weighted by atomic mass is 19.1. The summed E-state index contributed by atoms with van der Waals surface area (Å²) >= 11 is 0. The number of methoxy groups -OCH3 is 1. The molecule has 0 unspecified atom stereocenters. The molecule has 3 rings (SSSR count). The quantitative estimate of drug-likeness (QED) is 0.397. The summed E-state index contributed by atoms with van der Waals surface area (Å²) in [5.41, 5.74) is 0.364. The zero-order valence-corrected chi connectivity index (χ0v) is 22.3. The number of hydrogen-bond donors (Lipinski definition) is 2. The molecular formula is C28H29FN6O4. The molecule has 1 aromatic carbocycles. The van der Waals surface area contributed by atoms with Gasteiger partial charge in [0, 0.05) is 12.3 Å². The van der Waals surface area contributed by atoms with Crippen LogP contribution < -0.4 is 26.9 Å². The first-order chi connectivity index (χ1) is 18.6. The molecule has 0 bridgehead atoms. The van der Waals surface area contributed by atoms with Crippen molar-refractivity contribution in [2.24, 2.45) is 0 Å². The highest BCUT2D eigenvalue weighted by Crippen LogP contribution is 2.16. The lowest BCUT2D eigenvalue weighted by Crippen LogP contribution is -2.42.